The van der Waals surface area contributed by atoms with E-state index in [-0.39, 0.29) is 10.8 Å². The zero-order valence-electron chi connectivity index (χ0n) is 14.2. The molecule has 3 rings (SSSR count). The maximum absolute atomic E-state index is 12.3. The van der Waals surface area contributed by atoms with Gasteiger partial charge in [0.15, 0.2) is 15.0 Å². The monoisotopic (exact) mass is 387 g/mol. The summed E-state index contributed by atoms with van der Waals surface area (Å²) in [5.74, 6) is -0.281. The Labute approximate surface area is 155 Å². The van der Waals surface area contributed by atoms with Crippen molar-refractivity contribution in [1.82, 2.24) is 4.98 Å². The Morgan fingerprint density at radius 2 is 1.77 bits per heavy atom. The highest BCUT2D eigenvalue weighted by Crippen LogP contribution is 2.23. The highest BCUT2D eigenvalue weighted by molar-refractivity contribution is 7.90. The van der Waals surface area contributed by atoms with Crippen molar-refractivity contribution in [2.24, 2.45) is 0 Å². The van der Waals surface area contributed by atoms with E-state index in [1.807, 2.05) is 31.2 Å². The van der Waals surface area contributed by atoms with E-state index in [4.69, 9.17) is 0 Å². The molecular formula is C18H17N3O3S2. The molecule has 0 fully saturated rings. The summed E-state index contributed by atoms with van der Waals surface area (Å²) in [5.41, 5.74) is 2.72. The molecule has 1 amide bonds. The summed E-state index contributed by atoms with van der Waals surface area (Å²) >= 11 is 1.30. The number of sulfone groups is 1. The van der Waals surface area contributed by atoms with Gasteiger partial charge in [-0.1, -0.05) is 18.2 Å². The fourth-order valence-electron chi connectivity index (χ4n) is 2.24. The number of aryl methyl sites for hydroxylation is 1. The van der Waals surface area contributed by atoms with E-state index in [9.17, 15) is 13.2 Å². The Kier molecular flexibility index (Phi) is 5.06. The minimum absolute atomic E-state index is 0.250. The summed E-state index contributed by atoms with van der Waals surface area (Å²) in [6, 6.07) is 13.9. The van der Waals surface area contributed by atoms with Crippen molar-refractivity contribution >= 4 is 43.6 Å². The Morgan fingerprint density at radius 1 is 1.08 bits per heavy atom. The lowest BCUT2D eigenvalue weighted by molar-refractivity contribution is 0.102. The second kappa shape index (κ2) is 7.27. The van der Waals surface area contributed by atoms with Crippen LogP contribution in [0, 0.1) is 6.92 Å². The Bertz CT molecular complexity index is 1040. The molecule has 2 N–H and O–H groups in total. The molecule has 3 aromatic rings. The smallest absolute Gasteiger partial charge is 0.275 e. The first kappa shape index (κ1) is 18.1. The lowest BCUT2D eigenvalue weighted by Gasteiger charge is -2.06. The topological polar surface area (TPSA) is 88.2 Å². The summed E-state index contributed by atoms with van der Waals surface area (Å²) in [4.78, 5) is 16.9. The van der Waals surface area contributed by atoms with Crippen molar-refractivity contribution in [2.45, 2.75) is 11.8 Å². The average molecular weight is 387 g/mol. The Morgan fingerprint density at radius 3 is 2.42 bits per heavy atom. The van der Waals surface area contributed by atoms with Crippen LogP contribution in [0.5, 0.6) is 0 Å². The first-order chi connectivity index (χ1) is 12.3. The molecule has 0 radical (unpaired) electrons. The molecule has 0 spiro atoms. The molecule has 26 heavy (non-hydrogen) atoms. The molecule has 0 aliphatic rings. The SMILES string of the molecule is Cc1ccccc1NC(=O)c1csc(Nc2ccc(S(C)(=O)=O)cc2)n1. The Hall–Kier alpha value is -2.71. The zero-order valence-corrected chi connectivity index (χ0v) is 15.8. The first-order valence-corrected chi connectivity index (χ1v) is 10.5. The average Bonchev–Trinajstić information content (AvgIpc) is 3.05. The van der Waals surface area contributed by atoms with Gasteiger partial charge in [-0.15, -0.1) is 11.3 Å². The third-order valence-corrected chi connectivity index (χ3v) is 5.55. The molecule has 0 atom stereocenters. The molecule has 134 valence electrons. The number of hydrogen-bond acceptors (Lipinski definition) is 6. The highest BCUT2D eigenvalue weighted by Gasteiger charge is 2.12. The van der Waals surface area contributed by atoms with Crippen molar-refractivity contribution in [3.63, 3.8) is 0 Å². The third-order valence-electron chi connectivity index (χ3n) is 3.66. The number of anilines is 3. The van der Waals surface area contributed by atoms with E-state index in [2.05, 4.69) is 15.6 Å². The molecule has 1 heterocycles. The predicted molar refractivity (Wildman–Crippen MR) is 104 cm³/mol. The summed E-state index contributed by atoms with van der Waals surface area (Å²) in [6.07, 6.45) is 1.16. The number of benzene rings is 2. The fraction of sp³-hybridized carbons (Fsp3) is 0.111. The van der Waals surface area contributed by atoms with Crippen LogP contribution in [0.25, 0.3) is 0 Å². The maximum atomic E-state index is 12.3. The maximum Gasteiger partial charge on any atom is 0.275 e. The van der Waals surface area contributed by atoms with Crippen LogP contribution in [0.1, 0.15) is 16.1 Å². The van der Waals surface area contributed by atoms with Gasteiger partial charge in [-0.25, -0.2) is 13.4 Å². The molecule has 8 heteroatoms. The quantitative estimate of drug-likeness (QED) is 0.694. The van der Waals surface area contributed by atoms with Crippen LogP contribution in [0.15, 0.2) is 58.8 Å². The summed E-state index contributed by atoms with van der Waals surface area (Å²) in [6.45, 7) is 1.92. The first-order valence-electron chi connectivity index (χ1n) is 7.72. The standard InChI is InChI=1S/C18H17N3O3S2/c1-12-5-3-4-6-15(12)20-17(22)16-11-25-18(21-16)19-13-7-9-14(10-8-13)26(2,23)24/h3-11H,1-2H3,(H,19,21)(H,20,22). The largest absolute Gasteiger partial charge is 0.332 e. The van der Waals surface area contributed by atoms with Crippen molar-refractivity contribution in [1.29, 1.82) is 0 Å². The van der Waals surface area contributed by atoms with Crippen LogP contribution < -0.4 is 10.6 Å². The Balaban J connectivity index is 1.70. The van der Waals surface area contributed by atoms with Crippen molar-refractivity contribution in [3.8, 4) is 0 Å². The zero-order chi connectivity index (χ0) is 18.7. The minimum atomic E-state index is -3.23. The lowest BCUT2D eigenvalue weighted by atomic mass is 10.2. The number of carbonyl (C=O) groups is 1. The van der Waals surface area contributed by atoms with E-state index in [0.29, 0.717) is 16.5 Å². The number of para-hydroxylation sites is 1. The molecule has 0 aliphatic carbocycles. The van der Waals surface area contributed by atoms with Gasteiger partial charge >= 0.3 is 0 Å². The van der Waals surface area contributed by atoms with Crippen molar-refractivity contribution < 1.29 is 13.2 Å². The second-order valence-corrected chi connectivity index (χ2v) is 8.60. The van der Waals surface area contributed by atoms with E-state index in [1.54, 1.807) is 17.5 Å². The second-order valence-electron chi connectivity index (χ2n) is 5.73. The normalized spacial score (nSPS) is 11.2. The summed E-state index contributed by atoms with van der Waals surface area (Å²) in [7, 11) is -3.23. The molecule has 6 nitrogen and oxygen atoms in total. The molecule has 0 unspecified atom stereocenters. The van der Waals surface area contributed by atoms with Crippen LogP contribution in [-0.2, 0) is 9.84 Å². The number of aromatic nitrogens is 1. The number of rotatable bonds is 5. The van der Waals surface area contributed by atoms with Gasteiger partial charge in [0.2, 0.25) is 0 Å². The molecular weight excluding hydrogens is 370 g/mol. The van der Waals surface area contributed by atoms with Crippen LogP contribution in [0.3, 0.4) is 0 Å². The summed E-state index contributed by atoms with van der Waals surface area (Å²) < 4.78 is 23.0. The van der Waals surface area contributed by atoms with Gasteiger partial charge in [0.25, 0.3) is 5.91 Å². The van der Waals surface area contributed by atoms with Crippen LogP contribution in [0.2, 0.25) is 0 Å². The number of carbonyl (C=O) groups excluding carboxylic acids is 1. The number of hydrogen-bond donors (Lipinski definition) is 2. The number of amides is 1. The van der Waals surface area contributed by atoms with Gasteiger partial charge in [-0.05, 0) is 42.8 Å². The highest BCUT2D eigenvalue weighted by atomic mass is 32.2. The number of nitrogens with zero attached hydrogens (tertiary/aromatic N) is 1. The fourth-order valence-corrected chi connectivity index (χ4v) is 3.59. The van der Waals surface area contributed by atoms with Gasteiger partial charge < -0.3 is 10.6 Å². The predicted octanol–water partition coefficient (Wildman–Crippen LogP) is 3.85. The van der Waals surface area contributed by atoms with E-state index < -0.39 is 9.84 Å². The molecule has 1 aromatic heterocycles. The van der Waals surface area contributed by atoms with Crippen LogP contribution in [-0.4, -0.2) is 25.6 Å². The minimum Gasteiger partial charge on any atom is -0.332 e. The van der Waals surface area contributed by atoms with Crippen LogP contribution >= 0.6 is 11.3 Å². The number of thiazole rings is 1. The van der Waals surface area contributed by atoms with Crippen molar-refractivity contribution in [2.75, 3.05) is 16.9 Å². The lowest BCUT2D eigenvalue weighted by Crippen LogP contribution is -2.13. The van der Waals surface area contributed by atoms with Gasteiger partial charge in [0, 0.05) is 23.0 Å². The molecule has 0 saturated heterocycles. The van der Waals surface area contributed by atoms with Gasteiger partial charge in [-0.2, -0.15) is 0 Å². The van der Waals surface area contributed by atoms with E-state index in [1.165, 1.54) is 23.5 Å². The van der Waals surface area contributed by atoms with Crippen molar-refractivity contribution in [3.05, 3.63) is 65.2 Å². The van der Waals surface area contributed by atoms with E-state index in [0.717, 1.165) is 17.5 Å². The molecule has 0 bridgehead atoms. The van der Waals surface area contributed by atoms with Gasteiger partial charge in [0.05, 0.1) is 4.90 Å². The third kappa shape index (κ3) is 4.27. The summed E-state index contributed by atoms with van der Waals surface area (Å²) in [5, 5.41) is 8.12. The van der Waals surface area contributed by atoms with Gasteiger partial charge in [-0.3, -0.25) is 4.79 Å². The van der Waals surface area contributed by atoms with Crippen LogP contribution in [0.4, 0.5) is 16.5 Å². The van der Waals surface area contributed by atoms with E-state index >= 15 is 0 Å². The molecule has 2 aromatic carbocycles. The van der Waals surface area contributed by atoms with Gasteiger partial charge in [0.1, 0.15) is 5.69 Å². The number of nitrogens with one attached hydrogen (secondary N) is 2. The molecule has 0 aliphatic heterocycles. The molecule has 0 saturated carbocycles.